The minimum atomic E-state index is -0.762. The van der Waals surface area contributed by atoms with E-state index in [2.05, 4.69) is 0 Å². The lowest BCUT2D eigenvalue weighted by Gasteiger charge is -2.25. The number of amides is 1. The number of furan rings is 1. The topological polar surface area (TPSA) is 80.0 Å². The summed E-state index contributed by atoms with van der Waals surface area (Å²) >= 11 is 1.41. The van der Waals surface area contributed by atoms with Gasteiger partial charge in [0, 0.05) is 16.0 Å². The van der Waals surface area contributed by atoms with Crippen LogP contribution in [0.5, 0.6) is 5.75 Å². The lowest BCUT2D eigenvalue weighted by atomic mass is 10.00. The summed E-state index contributed by atoms with van der Waals surface area (Å²) in [4.78, 5) is 28.7. The number of anilines is 1. The molecule has 1 aliphatic rings. The van der Waals surface area contributed by atoms with Gasteiger partial charge >= 0.3 is 0 Å². The number of aliphatic hydroxyl groups excluding tert-OH is 1. The first-order valence-electron chi connectivity index (χ1n) is 9.56. The van der Waals surface area contributed by atoms with E-state index >= 15 is 0 Å². The van der Waals surface area contributed by atoms with Crippen LogP contribution in [0.1, 0.15) is 21.5 Å². The van der Waals surface area contributed by atoms with E-state index in [1.54, 1.807) is 43.5 Å². The second-order valence-corrected chi connectivity index (χ2v) is 8.01. The number of aliphatic hydroxyl groups is 1. The minimum absolute atomic E-state index is 0.00215. The van der Waals surface area contributed by atoms with Crippen LogP contribution in [0.3, 0.4) is 0 Å². The molecule has 0 saturated carbocycles. The summed E-state index contributed by atoms with van der Waals surface area (Å²) in [6, 6.07) is 18.7. The van der Waals surface area contributed by atoms with Crippen molar-refractivity contribution in [1.82, 2.24) is 0 Å². The largest absolute Gasteiger partial charge is 0.503 e. The van der Waals surface area contributed by atoms with Crippen LogP contribution in [0, 0.1) is 0 Å². The van der Waals surface area contributed by atoms with E-state index in [0.717, 1.165) is 10.3 Å². The van der Waals surface area contributed by atoms with Crippen molar-refractivity contribution in [2.75, 3.05) is 12.0 Å². The van der Waals surface area contributed by atoms with Crippen molar-refractivity contribution in [3.05, 3.63) is 94.1 Å². The smallest absolute Gasteiger partial charge is 0.294 e. The van der Waals surface area contributed by atoms with Gasteiger partial charge in [0.1, 0.15) is 17.4 Å². The summed E-state index contributed by atoms with van der Waals surface area (Å²) in [5.74, 6) is -1.01. The zero-order chi connectivity index (χ0) is 21.5. The lowest BCUT2D eigenvalue weighted by Crippen LogP contribution is -2.30. The number of carbonyl (C=O) groups excluding carboxylic acids is 2. The molecule has 4 aromatic rings. The zero-order valence-corrected chi connectivity index (χ0v) is 17.3. The zero-order valence-electron chi connectivity index (χ0n) is 16.4. The van der Waals surface area contributed by atoms with Gasteiger partial charge in [-0.25, -0.2) is 0 Å². The molecule has 2 aromatic carbocycles. The molecule has 5 rings (SSSR count). The Balaban J connectivity index is 1.62. The quantitative estimate of drug-likeness (QED) is 0.435. The summed E-state index contributed by atoms with van der Waals surface area (Å²) in [7, 11) is 1.56. The van der Waals surface area contributed by atoms with Crippen molar-refractivity contribution < 1.29 is 23.8 Å². The van der Waals surface area contributed by atoms with Gasteiger partial charge in [-0.2, -0.15) is 0 Å². The number of benzene rings is 2. The highest BCUT2D eigenvalue weighted by Crippen LogP contribution is 2.43. The maximum atomic E-state index is 13.4. The molecule has 31 heavy (non-hydrogen) atoms. The van der Waals surface area contributed by atoms with Crippen LogP contribution in [-0.4, -0.2) is 23.9 Å². The second-order valence-electron chi connectivity index (χ2n) is 7.03. The molecule has 2 aromatic heterocycles. The number of methoxy groups -OCH3 is 1. The van der Waals surface area contributed by atoms with E-state index in [9.17, 15) is 14.7 Å². The van der Waals surface area contributed by atoms with Crippen LogP contribution in [-0.2, 0) is 4.79 Å². The van der Waals surface area contributed by atoms with Crippen LogP contribution >= 0.6 is 11.3 Å². The maximum Gasteiger partial charge on any atom is 0.294 e. The lowest BCUT2D eigenvalue weighted by molar-refractivity contribution is -0.117. The van der Waals surface area contributed by atoms with Gasteiger partial charge in [0.25, 0.3) is 5.91 Å². The predicted molar refractivity (Wildman–Crippen MR) is 118 cm³/mol. The fourth-order valence-electron chi connectivity index (χ4n) is 3.79. The Hall–Kier alpha value is -3.84. The number of hydrogen-bond acceptors (Lipinski definition) is 6. The number of nitrogens with zero attached hydrogens (tertiary/aromatic N) is 1. The number of ether oxygens (including phenoxy) is 1. The molecule has 1 N–H and O–H groups in total. The van der Waals surface area contributed by atoms with Gasteiger partial charge in [-0.3, -0.25) is 14.5 Å². The molecule has 6 nitrogen and oxygen atoms in total. The minimum Gasteiger partial charge on any atom is -0.503 e. The van der Waals surface area contributed by atoms with Crippen LogP contribution in [0.15, 0.2) is 87.9 Å². The third-order valence-corrected chi connectivity index (χ3v) is 6.19. The number of para-hydroxylation sites is 1. The van der Waals surface area contributed by atoms with Gasteiger partial charge < -0.3 is 14.3 Å². The molecule has 1 unspecified atom stereocenters. The van der Waals surface area contributed by atoms with Crippen LogP contribution in [0.4, 0.5) is 5.69 Å². The van der Waals surface area contributed by atoms with Crippen molar-refractivity contribution in [3.8, 4) is 5.75 Å². The molecular formula is C24H17NO5S. The van der Waals surface area contributed by atoms with E-state index in [0.29, 0.717) is 17.0 Å². The number of carbonyl (C=O) groups is 2. The summed E-state index contributed by atoms with van der Waals surface area (Å²) in [6.07, 6.45) is 0. The van der Waals surface area contributed by atoms with Crippen LogP contribution < -0.4 is 9.64 Å². The fraction of sp³-hybridized carbons (Fsp3) is 0.0833. The number of rotatable bonds is 5. The number of thiophene rings is 1. The summed E-state index contributed by atoms with van der Waals surface area (Å²) < 4.78 is 10.9. The molecule has 1 atom stereocenters. The highest BCUT2D eigenvalue weighted by Gasteiger charge is 2.45. The van der Waals surface area contributed by atoms with Crippen molar-refractivity contribution >= 4 is 39.7 Å². The number of Topliss-reactive ketones (excluding diaryl/α,β-unsaturated/α-hetero) is 1. The van der Waals surface area contributed by atoms with Crippen molar-refractivity contribution in [3.63, 3.8) is 0 Å². The van der Waals surface area contributed by atoms with Crippen molar-refractivity contribution in [1.29, 1.82) is 0 Å². The van der Waals surface area contributed by atoms with Crippen LogP contribution in [0.2, 0.25) is 0 Å². The molecule has 3 heterocycles. The molecule has 7 heteroatoms. The maximum absolute atomic E-state index is 13.4. The normalized spacial score (nSPS) is 16.4. The third kappa shape index (κ3) is 3.10. The molecule has 0 bridgehead atoms. The molecular weight excluding hydrogens is 414 g/mol. The Kier molecular flexibility index (Phi) is 4.60. The standard InChI is InChI=1S/C24H17NO5S/c1-29-16-10-8-15(9-11-16)25-21(19-7-4-12-31-19)20(23(27)24(25)28)22(26)18-13-14-5-2-3-6-17(14)30-18/h2-13,21,27H,1H3. The highest BCUT2D eigenvalue weighted by atomic mass is 32.1. The summed E-state index contributed by atoms with van der Waals surface area (Å²) in [5.41, 5.74) is 1.11. The van der Waals surface area contributed by atoms with Gasteiger partial charge in [-0.15, -0.1) is 11.3 Å². The SMILES string of the molecule is COc1ccc(N2C(=O)C(O)=C(C(=O)c3cc4ccccc4o3)C2c2cccs2)cc1. The number of hydrogen-bond donors (Lipinski definition) is 1. The predicted octanol–water partition coefficient (Wildman–Crippen LogP) is 5.29. The Labute approximate surface area is 181 Å². The molecule has 1 aliphatic heterocycles. The highest BCUT2D eigenvalue weighted by molar-refractivity contribution is 7.10. The van der Waals surface area contributed by atoms with Gasteiger partial charge in [0.2, 0.25) is 5.78 Å². The van der Waals surface area contributed by atoms with Gasteiger partial charge in [0.15, 0.2) is 11.5 Å². The van der Waals surface area contributed by atoms with Gasteiger partial charge in [-0.1, -0.05) is 24.3 Å². The fourth-order valence-corrected chi connectivity index (χ4v) is 4.61. The summed E-state index contributed by atoms with van der Waals surface area (Å²) in [5, 5.41) is 13.4. The molecule has 154 valence electrons. The molecule has 0 radical (unpaired) electrons. The van der Waals surface area contributed by atoms with E-state index in [1.807, 2.05) is 35.7 Å². The Morgan fingerprint density at radius 1 is 1.10 bits per heavy atom. The molecule has 0 saturated heterocycles. The Morgan fingerprint density at radius 2 is 1.87 bits per heavy atom. The van der Waals surface area contributed by atoms with Crippen molar-refractivity contribution in [2.24, 2.45) is 0 Å². The van der Waals surface area contributed by atoms with E-state index in [4.69, 9.17) is 9.15 Å². The first-order chi connectivity index (χ1) is 15.1. The number of ketones is 1. The Morgan fingerprint density at radius 3 is 2.55 bits per heavy atom. The van der Waals surface area contributed by atoms with E-state index < -0.39 is 23.5 Å². The second kappa shape index (κ2) is 7.45. The number of fused-ring (bicyclic) bond motifs is 1. The monoisotopic (exact) mass is 431 g/mol. The summed E-state index contributed by atoms with van der Waals surface area (Å²) in [6.45, 7) is 0. The molecule has 0 spiro atoms. The van der Waals surface area contributed by atoms with E-state index in [1.165, 1.54) is 16.2 Å². The van der Waals surface area contributed by atoms with Gasteiger partial charge in [-0.05, 0) is 47.8 Å². The first kappa shape index (κ1) is 19.1. The molecule has 0 fully saturated rings. The van der Waals surface area contributed by atoms with Crippen molar-refractivity contribution in [2.45, 2.75) is 6.04 Å². The molecule has 1 amide bonds. The average molecular weight is 431 g/mol. The van der Waals surface area contributed by atoms with Gasteiger partial charge in [0.05, 0.1) is 12.7 Å². The third-order valence-electron chi connectivity index (χ3n) is 5.27. The molecule has 0 aliphatic carbocycles. The Bertz CT molecular complexity index is 1280. The average Bonchev–Trinajstić information content (AvgIpc) is 3.52. The van der Waals surface area contributed by atoms with E-state index in [-0.39, 0.29) is 11.3 Å². The van der Waals surface area contributed by atoms with Crippen LogP contribution in [0.25, 0.3) is 11.0 Å². The first-order valence-corrected chi connectivity index (χ1v) is 10.4.